The lowest BCUT2D eigenvalue weighted by Gasteiger charge is -2.06. The molecule has 0 aliphatic rings. The van der Waals surface area contributed by atoms with Crippen molar-refractivity contribution < 1.29 is 23.9 Å². The second-order valence-electron chi connectivity index (χ2n) is 4.63. The summed E-state index contributed by atoms with van der Waals surface area (Å²) in [5.74, 6) is -1.01. The molecular formula is C17H13BrO5. The molecule has 0 atom stereocenters. The van der Waals surface area contributed by atoms with Gasteiger partial charge in [0.1, 0.15) is 5.75 Å². The molecule has 0 saturated carbocycles. The van der Waals surface area contributed by atoms with Gasteiger partial charge in [-0.05, 0) is 42.5 Å². The highest BCUT2D eigenvalue weighted by atomic mass is 79.9. The van der Waals surface area contributed by atoms with Gasteiger partial charge in [-0.25, -0.2) is 4.79 Å². The minimum Gasteiger partial charge on any atom is -0.454 e. The topological polar surface area (TPSA) is 69.7 Å². The number of halogens is 1. The van der Waals surface area contributed by atoms with E-state index in [2.05, 4.69) is 15.9 Å². The van der Waals surface area contributed by atoms with Crippen molar-refractivity contribution in [3.63, 3.8) is 0 Å². The van der Waals surface area contributed by atoms with Gasteiger partial charge in [-0.3, -0.25) is 9.59 Å². The zero-order valence-electron chi connectivity index (χ0n) is 12.2. The normalized spacial score (nSPS) is 10.0. The lowest BCUT2D eigenvalue weighted by atomic mass is 10.1. The second-order valence-corrected chi connectivity index (χ2v) is 5.54. The number of rotatable bonds is 5. The van der Waals surface area contributed by atoms with Crippen LogP contribution in [0, 0.1) is 0 Å². The summed E-state index contributed by atoms with van der Waals surface area (Å²) in [6, 6.07) is 12.7. The lowest BCUT2D eigenvalue weighted by molar-refractivity contribution is -0.131. The van der Waals surface area contributed by atoms with Crippen molar-refractivity contribution in [1.82, 2.24) is 0 Å². The summed E-state index contributed by atoms with van der Waals surface area (Å²) in [5.41, 5.74) is 0.723. The van der Waals surface area contributed by atoms with E-state index in [4.69, 9.17) is 9.47 Å². The SMILES string of the molecule is CC(=O)Oc1ccc(C(=O)COC(=O)c2cccc(Br)c2)cc1. The van der Waals surface area contributed by atoms with Gasteiger partial charge in [-0.15, -0.1) is 0 Å². The fraction of sp³-hybridized carbons (Fsp3) is 0.118. The first kappa shape index (κ1) is 16.9. The largest absolute Gasteiger partial charge is 0.454 e. The number of ether oxygens (including phenoxy) is 2. The molecule has 0 aliphatic heterocycles. The van der Waals surface area contributed by atoms with Gasteiger partial charge < -0.3 is 9.47 Å². The second kappa shape index (κ2) is 7.69. The molecule has 0 radical (unpaired) electrons. The van der Waals surface area contributed by atoms with Crippen molar-refractivity contribution in [1.29, 1.82) is 0 Å². The molecule has 2 aromatic carbocycles. The highest BCUT2D eigenvalue weighted by molar-refractivity contribution is 9.10. The van der Waals surface area contributed by atoms with Gasteiger partial charge in [0, 0.05) is 17.0 Å². The molecule has 5 nitrogen and oxygen atoms in total. The third kappa shape index (κ3) is 5.03. The maximum absolute atomic E-state index is 12.0. The molecule has 0 amide bonds. The minimum atomic E-state index is -0.573. The molecule has 118 valence electrons. The van der Waals surface area contributed by atoms with Crippen LogP contribution in [0.25, 0.3) is 0 Å². The zero-order valence-corrected chi connectivity index (χ0v) is 13.8. The van der Waals surface area contributed by atoms with E-state index in [1.807, 2.05) is 0 Å². The number of carbonyl (C=O) groups is 3. The van der Waals surface area contributed by atoms with Gasteiger partial charge in [0.25, 0.3) is 0 Å². The Morgan fingerprint density at radius 1 is 1.00 bits per heavy atom. The van der Waals surface area contributed by atoms with Gasteiger partial charge in [-0.2, -0.15) is 0 Å². The van der Waals surface area contributed by atoms with Crippen LogP contribution in [0.4, 0.5) is 0 Å². The summed E-state index contributed by atoms with van der Waals surface area (Å²) in [7, 11) is 0. The number of hydrogen-bond donors (Lipinski definition) is 0. The summed E-state index contributed by atoms with van der Waals surface area (Å²) in [6.45, 7) is 0.929. The van der Waals surface area contributed by atoms with Crippen LogP contribution in [-0.4, -0.2) is 24.3 Å². The van der Waals surface area contributed by atoms with Crippen LogP contribution in [0.1, 0.15) is 27.6 Å². The van der Waals surface area contributed by atoms with Gasteiger partial charge in [-0.1, -0.05) is 22.0 Å². The van der Waals surface area contributed by atoms with Crippen molar-refractivity contribution in [2.75, 3.05) is 6.61 Å². The van der Waals surface area contributed by atoms with Crippen LogP contribution in [-0.2, 0) is 9.53 Å². The molecule has 0 unspecified atom stereocenters. The Balaban J connectivity index is 1.94. The van der Waals surface area contributed by atoms with E-state index in [-0.39, 0.29) is 12.4 Å². The van der Waals surface area contributed by atoms with E-state index in [0.717, 1.165) is 4.47 Å². The minimum absolute atomic E-state index is 0.345. The molecule has 2 rings (SSSR count). The van der Waals surface area contributed by atoms with Gasteiger partial charge in [0.2, 0.25) is 0 Å². The van der Waals surface area contributed by atoms with Crippen LogP contribution < -0.4 is 4.74 Å². The molecule has 0 fully saturated rings. The highest BCUT2D eigenvalue weighted by Crippen LogP contribution is 2.14. The Morgan fingerprint density at radius 2 is 1.70 bits per heavy atom. The number of benzene rings is 2. The Morgan fingerprint density at radius 3 is 2.30 bits per heavy atom. The van der Waals surface area contributed by atoms with Crippen molar-refractivity contribution in [2.45, 2.75) is 6.92 Å². The maximum atomic E-state index is 12.0. The molecular weight excluding hydrogens is 364 g/mol. The standard InChI is InChI=1S/C17H13BrO5/c1-11(19)23-15-7-5-12(6-8-15)16(20)10-22-17(21)13-3-2-4-14(18)9-13/h2-9H,10H2,1H3. The summed E-state index contributed by atoms with van der Waals surface area (Å²) >= 11 is 3.26. The molecule has 0 aliphatic carbocycles. The van der Waals surface area contributed by atoms with Gasteiger partial charge in [0.05, 0.1) is 5.56 Å². The number of hydrogen-bond acceptors (Lipinski definition) is 5. The summed E-state index contributed by atoms with van der Waals surface area (Å²) in [6.07, 6.45) is 0. The molecule has 6 heteroatoms. The summed E-state index contributed by atoms with van der Waals surface area (Å²) < 4.78 is 10.6. The Bertz CT molecular complexity index is 737. The van der Waals surface area contributed by atoms with E-state index in [1.165, 1.54) is 31.2 Å². The van der Waals surface area contributed by atoms with Crippen LogP contribution in [0.2, 0.25) is 0 Å². The number of carbonyl (C=O) groups excluding carboxylic acids is 3. The maximum Gasteiger partial charge on any atom is 0.338 e. The van der Waals surface area contributed by atoms with Crippen LogP contribution in [0.3, 0.4) is 0 Å². The van der Waals surface area contributed by atoms with Crippen molar-refractivity contribution in [3.05, 3.63) is 64.1 Å². The van der Waals surface area contributed by atoms with Gasteiger partial charge in [0.15, 0.2) is 12.4 Å². The fourth-order valence-electron chi connectivity index (χ4n) is 1.79. The van der Waals surface area contributed by atoms with E-state index in [9.17, 15) is 14.4 Å². The Labute approximate surface area is 141 Å². The predicted molar refractivity (Wildman–Crippen MR) is 86.5 cm³/mol. The first-order chi connectivity index (χ1) is 11.0. The molecule has 2 aromatic rings. The number of esters is 2. The molecule has 23 heavy (non-hydrogen) atoms. The summed E-state index contributed by atoms with van der Waals surface area (Å²) in [4.78, 5) is 34.7. The monoisotopic (exact) mass is 376 g/mol. The molecule has 0 aromatic heterocycles. The smallest absolute Gasteiger partial charge is 0.338 e. The molecule has 0 saturated heterocycles. The highest BCUT2D eigenvalue weighted by Gasteiger charge is 2.12. The van der Waals surface area contributed by atoms with E-state index >= 15 is 0 Å². The van der Waals surface area contributed by atoms with Crippen molar-refractivity contribution in [3.8, 4) is 5.75 Å². The molecule has 0 bridgehead atoms. The van der Waals surface area contributed by atoms with Crippen molar-refractivity contribution >= 4 is 33.7 Å². The predicted octanol–water partition coefficient (Wildman–Crippen LogP) is 3.41. The van der Waals surface area contributed by atoms with E-state index < -0.39 is 11.9 Å². The van der Waals surface area contributed by atoms with Crippen LogP contribution in [0.5, 0.6) is 5.75 Å². The molecule has 0 heterocycles. The molecule has 0 spiro atoms. The average Bonchev–Trinajstić information content (AvgIpc) is 2.52. The first-order valence-electron chi connectivity index (χ1n) is 6.70. The Hall–Kier alpha value is -2.47. The van der Waals surface area contributed by atoms with Crippen LogP contribution in [0.15, 0.2) is 53.0 Å². The number of ketones is 1. The fourth-order valence-corrected chi connectivity index (χ4v) is 2.19. The zero-order chi connectivity index (χ0) is 16.8. The third-order valence-corrected chi connectivity index (χ3v) is 3.33. The average molecular weight is 377 g/mol. The Kier molecular flexibility index (Phi) is 5.65. The van der Waals surface area contributed by atoms with Gasteiger partial charge >= 0.3 is 11.9 Å². The van der Waals surface area contributed by atoms with E-state index in [0.29, 0.717) is 16.9 Å². The van der Waals surface area contributed by atoms with Crippen molar-refractivity contribution in [2.24, 2.45) is 0 Å². The van der Waals surface area contributed by atoms with Crippen LogP contribution >= 0.6 is 15.9 Å². The molecule has 0 N–H and O–H groups in total. The lowest BCUT2D eigenvalue weighted by Crippen LogP contribution is -2.14. The third-order valence-electron chi connectivity index (χ3n) is 2.83. The summed E-state index contributed by atoms with van der Waals surface area (Å²) in [5, 5.41) is 0. The van der Waals surface area contributed by atoms with E-state index in [1.54, 1.807) is 24.3 Å². The first-order valence-corrected chi connectivity index (χ1v) is 7.49. The quantitative estimate of drug-likeness (QED) is 0.454. The number of Topliss-reactive ketones (excluding diaryl/α,β-unsaturated/α-hetero) is 1.